The van der Waals surface area contributed by atoms with Crippen molar-refractivity contribution in [2.24, 2.45) is 0 Å². The summed E-state index contributed by atoms with van der Waals surface area (Å²) in [6.07, 6.45) is 4.02. The number of rotatable bonds is 4. The molecule has 1 amide bonds. The molecule has 0 saturated carbocycles. The van der Waals surface area contributed by atoms with Crippen LogP contribution in [-0.2, 0) is 4.79 Å². The van der Waals surface area contributed by atoms with Crippen molar-refractivity contribution in [3.8, 4) is 0 Å². The van der Waals surface area contributed by atoms with Crippen molar-refractivity contribution < 1.29 is 9.90 Å². The summed E-state index contributed by atoms with van der Waals surface area (Å²) in [6, 6.07) is 5.37. The maximum atomic E-state index is 11.4. The van der Waals surface area contributed by atoms with E-state index in [1.165, 1.54) is 0 Å². The first-order valence-corrected chi connectivity index (χ1v) is 5.41. The van der Waals surface area contributed by atoms with Crippen LogP contribution in [-0.4, -0.2) is 27.6 Å². The molecule has 0 aliphatic carbocycles. The van der Waals surface area contributed by atoms with Crippen LogP contribution in [0.1, 0.15) is 12.8 Å². The van der Waals surface area contributed by atoms with Gasteiger partial charge < -0.3 is 10.4 Å². The first kappa shape index (κ1) is 11.5. The van der Waals surface area contributed by atoms with Crippen molar-refractivity contribution in [2.45, 2.75) is 12.8 Å². The summed E-state index contributed by atoms with van der Waals surface area (Å²) in [7, 11) is 0. The van der Waals surface area contributed by atoms with E-state index in [0.29, 0.717) is 18.5 Å². The predicted octanol–water partition coefficient (Wildman–Crippen LogP) is 1.34. The highest BCUT2D eigenvalue weighted by Gasteiger charge is 2.03. The molecule has 1 aromatic carbocycles. The predicted molar refractivity (Wildman–Crippen MR) is 64.5 cm³/mol. The second-order valence-electron chi connectivity index (χ2n) is 3.64. The van der Waals surface area contributed by atoms with Crippen molar-refractivity contribution in [3.05, 3.63) is 30.6 Å². The molecule has 0 aliphatic heterocycles. The lowest BCUT2D eigenvalue weighted by molar-refractivity contribution is -0.116. The summed E-state index contributed by atoms with van der Waals surface area (Å²) in [5.41, 5.74) is 2.23. The second kappa shape index (κ2) is 5.36. The van der Waals surface area contributed by atoms with E-state index in [1.54, 1.807) is 24.5 Å². The molecular formula is C12H13N3O2. The number of amides is 1. The molecule has 0 radical (unpaired) electrons. The molecule has 5 nitrogen and oxygen atoms in total. The van der Waals surface area contributed by atoms with E-state index in [4.69, 9.17) is 5.11 Å². The zero-order chi connectivity index (χ0) is 12.1. The highest BCUT2D eigenvalue weighted by molar-refractivity contribution is 5.92. The molecule has 0 bridgehead atoms. The van der Waals surface area contributed by atoms with Crippen LogP contribution >= 0.6 is 0 Å². The van der Waals surface area contributed by atoms with Gasteiger partial charge in [-0.2, -0.15) is 0 Å². The number of hydrogen-bond donors (Lipinski definition) is 2. The molecule has 1 heterocycles. The molecule has 2 rings (SSSR count). The molecule has 88 valence electrons. The van der Waals surface area contributed by atoms with E-state index >= 15 is 0 Å². The summed E-state index contributed by atoms with van der Waals surface area (Å²) >= 11 is 0. The maximum Gasteiger partial charge on any atom is 0.224 e. The van der Waals surface area contributed by atoms with Crippen LogP contribution in [0.2, 0.25) is 0 Å². The average Bonchev–Trinajstić information content (AvgIpc) is 2.36. The minimum Gasteiger partial charge on any atom is -0.396 e. The number of benzene rings is 1. The molecular weight excluding hydrogens is 218 g/mol. The van der Waals surface area contributed by atoms with E-state index in [9.17, 15) is 4.79 Å². The summed E-state index contributed by atoms with van der Waals surface area (Å²) in [5.74, 6) is -0.109. The highest BCUT2D eigenvalue weighted by atomic mass is 16.3. The molecule has 0 atom stereocenters. The molecule has 0 fully saturated rings. The van der Waals surface area contributed by atoms with Gasteiger partial charge in [0, 0.05) is 31.1 Å². The Labute approximate surface area is 98.5 Å². The monoisotopic (exact) mass is 231 g/mol. The van der Waals surface area contributed by atoms with Crippen LogP contribution in [0.4, 0.5) is 5.69 Å². The van der Waals surface area contributed by atoms with Crippen molar-refractivity contribution in [1.29, 1.82) is 0 Å². The van der Waals surface area contributed by atoms with Gasteiger partial charge in [0.2, 0.25) is 5.91 Å². The number of anilines is 1. The van der Waals surface area contributed by atoms with E-state index in [2.05, 4.69) is 15.3 Å². The zero-order valence-corrected chi connectivity index (χ0v) is 9.26. The normalized spacial score (nSPS) is 10.4. The van der Waals surface area contributed by atoms with Gasteiger partial charge in [-0.05, 0) is 24.6 Å². The zero-order valence-electron chi connectivity index (χ0n) is 9.26. The molecule has 1 aromatic heterocycles. The van der Waals surface area contributed by atoms with Crippen molar-refractivity contribution >= 4 is 22.6 Å². The summed E-state index contributed by atoms with van der Waals surface area (Å²) in [5, 5.41) is 11.4. The average molecular weight is 231 g/mol. The smallest absolute Gasteiger partial charge is 0.224 e. The second-order valence-corrected chi connectivity index (χ2v) is 3.64. The Morgan fingerprint density at radius 3 is 2.76 bits per heavy atom. The van der Waals surface area contributed by atoms with Crippen molar-refractivity contribution in [1.82, 2.24) is 9.97 Å². The van der Waals surface area contributed by atoms with Gasteiger partial charge in [0.1, 0.15) is 0 Å². The molecule has 0 unspecified atom stereocenters. The summed E-state index contributed by atoms with van der Waals surface area (Å²) in [6.45, 7) is 0.0244. The van der Waals surface area contributed by atoms with Crippen LogP contribution in [0.5, 0.6) is 0 Å². The Hall–Kier alpha value is -2.01. The molecule has 5 heteroatoms. The maximum absolute atomic E-state index is 11.4. The number of fused-ring (bicyclic) bond motifs is 1. The fraction of sp³-hybridized carbons (Fsp3) is 0.250. The quantitative estimate of drug-likeness (QED) is 0.832. The number of aliphatic hydroxyl groups is 1. The SMILES string of the molecule is O=C(CCCO)Nc1ccc2nccnc2c1. The number of nitrogens with one attached hydrogen (secondary N) is 1. The van der Waals surface area contributed by atoms with Crippen LogP contribution in [0.3, 0.4) is 0 Å². The summed E-state index contributed by atoms with van der Waals surface area (Å²) in [4.78, 5) is 19.7. The molecule has 0 aliphatic rings. The number of carbonyl (C=O) groups is 1. The lowest BCUT2D eigenvalue weighted by Crippen LogP contribution is -2.11. The van der Waals surface area contributed by atoms with Gasteiger partial charge in [-0.1, -0.05) is 0 Å². The Morgan fingerprint density at radius 1 is 1.24 bits per heavy atom. The Kier molecular flexibility index (Phi) is 3.62. The minimum atomic E-state index is -0.109. The standard InChI is InChI=1S/C12H13N3O2/c16-7-1-2-12(17)15-9-3-4-10-11(8-9)14-6-5-13-10/h3-6,8,16H,1-2,7H2,(H,15,17). The number of aliphatic hydroxyl groups excluding tert-OH is 1. The van der Waals surface area contributed by atoms with Crippen molar-refractivity contribution in [3.63, 3.8) is 0 Å². The van der Waals surface area contributed by atoms with Crippen LogP contribution < -0.4 is 5.32 Å². The van der Waals surface area contributed by atoms with Gasteiger partial charge in [0.15, 0.2) is 0 Å². The largest absolute Gasteiger partial charge is 0.396 e. The van der Waals surface area contributed by atoms with E-state index in [1.807, 2.05) is 6.07 Å². The van der Waals surface area contributed by atoms with Gasteiger partial charge in [-0.25, -0.2) is 0 Å². The lowest BCUT2D eigenvalue weighted by Gasteiger charge is -2.05. The molecule has 0 saturated heterocycles. The van der Waals surface area contributed by atoms with Gasteiger partial charge >= 0.3 is 0 Å². The third kappa shape index (κ3) is 2.98. The van der Waals surface area contributed by atoms with Crippen LogP contribution in [0.25, 0.3) is 11.0 Å². The first-order valence-electron chi connectivity index (χ1n) is 5.41. The number of nitrogens with zero attached hydrogens (tertiary/aromatic N) is 2. The van der Waals surface area contributed by atoms with Gasteiger partial charge in [-0.3, -0.25) is 14.8 Å². The van der Waals surface area contributed by atoms with Gasteiger partial charge in [0.25, 0.3) is 0 Å². The lowest BCUT2D eigenvalue weighted by atomic mass is 10.2. The number of carbonyl (C=O) groups excluding carboxylic acids is 1. The first-order chi connectivity index (χ1) is 8.29. The van der Waals surface area contributed by atoms with Crippen LogP contribution in [0, 0.1) is 0 Å². The van der Waals surface area contributed by atoms with Crippen LogP contribution in [0.15, 0.2) is 30.6 Å². The molecule has 17 heavy (non-hydrogen) atoms. The van der Waals surface area contributed by atoms with E-state index in [0.717, 1.165) is 11.0 Å². The van der Waals surface area contributed by atoms with Gasteiger partial charge in [0.05, 0.1) is 11.0 Å². The Morgan fingerprint density at radius 2 is 2.00 bits per heavy atom. The Balaban J connectivity index is 2.11. The molecule has 2 N–H and O–H groups in total. The van der Waals surface area contributed by atoms with Crippen molar-refractivity contribution in [2.75, 3.05) is 11.9 Å². The highest BCUT2D eigenvalue weighted by Crippen LogP contribution is 2.15. The van der Waals surface area contributed by atoms with E-state index in [-0.39, 0.29) is 12.5 Å². The molecule has 0 spiro atoms. The van der Waals surface area contributed by atoms with E-state index < -0.39 is 0 Å². The Bertz CT molecular complexity index is 528. The third-order valence-corrected chi connectivity index (χ3v) is 2.32. The minimum absolute atomic E-state index is 0.0244. The molecule has 2 aromatic rings. The number of aromatic nitrogens is 2. The van der Waals surface area contributed by atoms with Gasteiger partial charge in [-0.15, -0.1) is 0 Å². The fourth-order valence-electron chi connectivity index (χ4n) is 1.50. The summed E-state index contributed by atoms with van der Waals surface area (Å²) < 4.78 is 0. The number of hydrogen-bond acceptors (Lipinski definition) is 4. The third-order valence-electron chi connectivity index (χ3n) is 2.32. The fourth-order valence-corrected chi connectivity index (χ4v) is 1.50. The topological polar surface area (TPSA) is 75.1 Å².